The van der Waals surface area contributed by atoms with Crippen LogP contribution in [0, 0.1) is 5.41 Å². The lowest BCUT2D eigenvalue weighted by atomic mass is 10.3. The number of hydrogen-bond donors (Lipinski definition) is 2. The topological polar surface area (TPSA) is 88.5 Å². The fourth-order valence-electron chi connectivity index (χ4n) is 1.08. The zero-order valence-electron chi connectivity index (χ0n) is 8.88. The van der Waals surface area contributed by atoms with Gasteiger partial charge in [0.25, 0.3) is 0 Å². The highest BCUT2D eigenvalue weighted by molar-refractivity contribution is 8.03. The van der Waals surface area contributed by atoms with Crippen LogP contribution in [0.15, 0.2) is 32.0 Å². The third-order valence-electron chi connectivity index (χ3n) is 1.81. The maximum Gasteiger partial charge on any atom is 0.181 e. The lowest BCUT2D eigenvalue weighted by Crippen LogP contribution is -2.12. The maximum atomic E-state index is 7.47. The average molecular weight is 283 g/mol. The number of amidine groups is 1. The number of nitrogens with zero attached hydrogens (tertiary/aromatic N) is 3. The molecule has 0 radical (unpaired) electrons. The molecule has 0 aliphatic rings. The molecule has 0 fully saturated rings. The summed E-state index contributed by atoms with van der Waals surface area (Å²) >= 11 is 4.43. The number of hydrogen-bond acceptors (Lipinski definition) is 7. The SMILES string of the molecule is CSc1nnc(Sc2ncccc2C(=N)N)s1. The summed E-state index contributed by atoms with van der Waals surface area (Å²) in [6.45, 7) is 0. The summed E-state index contributed by atoms with van der Waals surface area (Å²) in [5, 5.41) is 16.2. The molecular weight excluding hydrogens is 274 g/mol. The Balaban J connectivity index is 2.26. The van der Waals surface area contributed by atoms with Crippen LogP contribution in [0.4, 0.5) is 0 Å². The summed E-state index contributed by atoms with van der Waals surface area (Å²) in [6, 6.07) is 3.53. The van der Waals surface area contributed by atoms with Crippen LogP contribution in [0.5, 0.6) is 0 Å². The van der Waals surface area contributed by atoms with E-state index < -0.39 is 0 Å². The monoisotopic (exact) mass is 283 g/mol. The van der Waals surface area contributed by atoms with E-state index in [0.29, 0.717) is 10.6 Å². The number of pyridine rings is 1. The van der Waals surface area contributed by atoms with E-state index in [-0.39, 0.29) is 5.84 Å². The van der Waals surface area contributed by atoms with E-state index in [9.17, 15) is 0 Å². The van der Waals surface area contributed by atoms with Crippen LogP contribution in [0.25, 0.3) is 0 Å². The molecule has 0 spiro atoms. The van der Waals surface area contributed by atoms with Gasteiger partial charge in [0.05, 0.1) is 0 Å². The number of rotatable bonds is 4. The molecule has 17 heavy (non-hydrogen) atoms. The highest BCUT2D eigenvalue weighted by Crippen LogP contribution is 2.33. The molecule has 2 heterocycles. The van der Waals surface area contributed by atoms with Crippen LogP contribution < -0.4 is 5.73 Å². The molecule has 2 rings (SSSR count). The highest BCUT2D eigenvalue weighted by atomic mass is 32.2. The summed E-state index contributed by atoms with van der Waals surface area (Å²) in [6.07, 6.45) is 3.63. The lowest BCUT2D eigenvalue weighted by molar-refractivity contribution is 0.953. The molecule has 8 heteroatoms. The van der Waals surface area contributed by atoms with Crippen molar-refractivity contribution in [1.82, 2.24) is 15.2 Å². The van der Waals surface area contributed by atoms with E-state index in [1.165, 1.54) is 23.1 Å². The molecule has 3 N–H and O–H groups in total. The molecule has 0 saturated carbocycles. The molecule has 0 saturated heterocycles. The summed E-state index contributed by atoms with van der Waals surface area (Å²) in [5.41, 5.74) is 6.12. The van der Waals surface area contributed by atoms with Gasteiger partial charge in [-0.05, 0) is 30.2 Å². The third kappa shape index (κ3) is 2.96. The molecule has 0 bridgehead atoms. The first kappa shape index (κ1) is 12.3. The first-order valence-corrected chi connectivity index (χ1v) is 7.41. The highest BCUT2D eigenvalue weighted by Gasteiger charge is 2.11. The average Bonchev–Trinajstić information content (AvgIpc) is 2.77. The van der Waals surface area contributed by atoms with Crippen molar-refractivity contribution in [2.45, 2.75) is 13.7 Å². The van der Waals surface area contributed by atoms with Gasteiger partial charge in [-0.3, -0.25) is 5.41 Å². The van der Waals surface area contributed by atoms with Crippen molar-refractivity contribution in [2.24, 2.45) is 5.73 Å². The second-order valence-electron chi connectivity index (χ2n) is 2.91. The molecule has 2 aromatic heterocycles. The van der Waals surface area contributed by atoms with Crippen LogP contribution in [0.2, 0.25) is 0 Å². The molecule has 0 aliphatic carbocycles. The summed E-state index contributed by atoms with van der Waals surface area (Å²) in [7, 11) is 0. The third-order valence-corrected chi connectivity index (χ3v) is 4.78. The number of aromatic nitrogens is 3. The number of thioether (sulfide) groups is 1. The maximum absolute atomic E-state index is 7.47. The normalized spacial score (nSPS) is 10.4. The largest absolute Gasteiger partial charge is 0.384 e. The van der Waals surface area contributed by atoms with Crippen molar-refractivity contribution in [1.29, 1.82) is 5.41 Å². The van der Waals surface area contributed by atoms with Gasteiger partial charge in [0.1, 0.15) is 10.9 Å². The van der Waals surface area contributed by atoms with E-state index in [0.717, 1.165) is 8.68 Å². The quantitative estimate of drug-likeness (QED) is 0.507. The van der Waals surface area contributed by atoms with Gasteiger partial charge >= 0.3 is 0 Å². The zero-order chi connectivity index (χ0) is 12.3. The molecule has 0 unspecified atom stereocenters. The van der Waals surface area contributed by atoms with E-state index in [4.69, 9.17) is 11.1 Å². The Bertz CT molecular complexity index is 539. The van der Waals surface area contributed by atoms with Gasteiger partial charge in [0, 0.05) is 11.8 Å². The van der Waals surface area contributed by atoms with E-state index in [1.807, 2.05) is 6.26 Å². The number of nitrogens with two attached hydrogens (primary N) is 1. The zero-order valence-corrected chi connectivity index (χ0v) is 11.3. The van der Waals surface area contributed by atoms with Crippen molar-refractivity contribution < 1.29 is 0 Å². The standard InChI is InChI=1S/C9H9N5S3/c1-15-8-13-14-9(17-8)16-7-5(6(10)11)3-2-4-12-7/h2-4H,1H3,(H3,10,11). The first-order chi connectivity index (χ1) is 8.20. The van der Waals surface area contributed by atoms with Crippen LogP contribution in [-0.2, 0) is 0 Å². The summed E-state index contributed by atoms with van der Waals surface area (Å²) in [5.74, 6) is 0.00945. The molecule has 5 nitrogen and oxygen atoms in total. The van der Waals surface area contributed by atoms with E-state index in [2.05, 4.69) is 15.2 Å². The van der Waals surface area contributed by atoms with Crippen molar-refractivity contribution >= 4 is 40.7 Å². The Morgan fingerprint density at radius 3 is 2.82 bits per heavy atom. The van der Waals surface area contributed by atoms with Gasteiger partial charge in [-0.2, -0.15) is 0 Å². The molecule has 0 amide bonds. The molecule has 2 aromatic rings. The van der Waals surface area contributed by atoms with Gasteiger partial charge in [0.15, 0.2) is 8.68 Å². The molecular formula is C9H9N5S3. The second-order valence-corrected chi connectivity index (χ2v) is 6.18. The molecule has 0 aromatic carbocycles. The van der Waals surface area contributed by atoms with Crippen LogP contribution in [0.3, 0.4) is 0 Å². The van der Waals surface area contributed by atoms with Crippen LogP contribution in [-0.4, -0.2) is 27.3 Å². The molecule has 88 valence electrons. The summed E-state index contributed by atoms with van der Waals surface area (Å²) in [4.78, 5) is 4.20. The Morgan fingerprint density at radius 2 is 2.18 bits per heavy atom. The Kier molecular flexibility index (Phi) is 3.97. The van der Waals surface area contributed by atoms with Gasteiger partial charge in [-0.15, -0.1) is 10.2 Å². The van der Waals surface area contributed by atoms with Crippen LogP contribution >= 0.6 is 34.9 Å². The minimum atomic E-state index is 0.00945. The Morgan fingerprint density at radius 1 is 1.41 bits per heavy atom. The predicted octanol–water partition coefficient (Wildman–Crippen LogP) is 2.09. The van der Waals surface area contributed by atoms with E-state index in [1.54, 1.807) is 30.1 Å². The van der Waals surface area contributed by atoms with Gasteiger partial charge in [-0.1, -0.05) is 23.1 Å². The number of nitrogen functional groups attached to an aromatic ring is 1. The summed E-state index contributed by atoms with van der Waals surface area (Å²) < 4.78 is 1.71. The minimum Gasteiger partial charge on any atom is -0.384 e. The fraction of sp³-hybridized carbons (Fsp3) is 0.111. The van der Waals surface area contributed by atoms with Crippen LogP contribution in [0.1, 0.15) is 5.56 Å². The van der Waals surface area contributed by atoms with Crippen molar-refractivity contribution in [2.75, 3.05) is 6.26 Å². The van der Waals surface area contributed by atoms with Crippen molar-refractivity contribution in [3.05, 3.63) is 23.9 Å². The molecule has 0 aliphatic heterocycles. The van der Waals surface area contributed by atoms with Gasteiger partial charge < -0.3 is 5.73 Å². The Hall–Kier alpha value is -1.12. The van der Waals surface area contributed by atoms with Crippen molar-refractivity contribution in [3.63, 3.8) is 0 Å². The smallest absolute Gasteiger partial charge is 0.181 e. The fourth-order valence-corrected chi connectivity index (χ4v) is 3.53. The van der Waals surface area contributed by atoms with E-state index >= 15 is 0 Å². The Labute approximate surface area is 111 Å². The second kappa shape index (κ2) is 5.48. The number of nitrogens with one attached hydrogen (secondary N) is 1. The van der Waals surface area contributed by atoms with Gasteiger partial charge in [-0.25, -0.2) is 4.98 Å². The van der Waals surface area contributed by atoms with Crippen molar-refractivity contribution in [3.8, 4) is 0 Å². The first-order valence-electron chi connectivity index (χ1n) is 4.55. The lowest BCUT2D eigenvalue weighted by Gasteiger charge is -2.03. The van der Waals surface area contributed by atoms with Gasteiger partial charge in [0.2, 0.25) is 0 Å². The predicted molar refractivity (Wildman–Crippen MR) is 71.1 cm³/mol. The molecule has 0 atom stereocenters. The minimum absolute atomic E-state index is 0.00945.